The Hall–Kier alpha value is -2.60. The van der Waals surface area contributed by atoms with E-state index < -0.39 is 22.0 Å². The predicted molar refractivity (Wildman–Crippen MR) is 102 cm³/mol. The Morgan fingerprint density at radius 3 is 2.54 bits per heavy atom. The van der Waals surface area contributed by atoms with Crippen LogP contribution in [-0.2, 0) is 25.2 Å². The van der Waals surface area contributed by atoms with Crippen LogP contribution in [0.5, 0.6) is 0 Å². The number of benzene rings is 2. The molecule has 1 aliphatic heterocycles. The molecule has 0 amide bonds. The number of carbonyl (C=O) groups excluding carboxylic acids is 2. The van der Waals surface area contributed by atoms with Gasteiger partial charge in [0.25, 0.3) is 0 Å². The van der Waals surface area contributed by atoms with Crippen molar-refractivity contribution < 1.29 is 18.6 Å². The molecule has 5 nitrogen and oxygen atoms in total. The molecule has 0 fully saturated rings. The summed E-state index contributed by atoms with van der Waals surface area (Å²) in [6, 6.07) is 11.7. The summed E-state index contributed by atoms with van der Waals surface area (Å²) in [6.45, 7) is 3.11. The number of oxime groups is 1. The molecule has 6 heteroatoms. The molecule has 0 radical (unpaired) electrons. The monoisotopic (exact) mass is 369 g/mol. The number of nitrogens with zero attached hydrogens (tertiary/aromatic N) is 1. The minimum Gasteiger partial charge on any atom is -0.318 e. The highest BCUT2D eigenvalue weighted by Crippen LogP contribution is 2.30. The van der Waals surface area contributed by atoms with Crippen molar-refractivity contribution in [3.8, 4) is 0 Å². The normalized spacial score (nSPS) is 19.2. The second-order valence-corrected chi connectivity index (χ2v) is 7.59. The Labute approximate surface area is 154 Å². The Morgan fingerprint density at radius 2 is 1.88 bits per heavy atom. The van der Waals surface area contributed by atoms with E-state index in [1.54, 1.807) is 6.08 Å². The van der Waals surface area contributed by atoms with E-state index in [0.29, 0.717) is 17.7 Å². The third kappa shape index (κ3) is 3.65. The van der Waals surface area contributed by atoms with E-state index in [-0.39, 0.29) is 11.5 Å². The van der Waals surface area contributed by atoms with Gasteiger partial charge in [0.2, 0.25) is 0 Å². The Kier molecular flexibility index (Phi) is 5.42. The van der Waals surface area contributed by atoms with Gasteiger partial charge in [0, 0.05) is 11.8 Å². The number of rotatable bonds is 5. The van der Waals surface area contributed by atoms with Crippen LogP contribution in [-0.4, -0.2) is 26.9 Å². The van der Waals surface area contributed by atoms with Crippen molar-refractivity contribution in [3.63, 3.8) is 0 Å². The number of Topliss-reactive ketones (excluding diaryl/α,β-unsaturated/α-hetero) is 1. The highest BCUT2D eigenvalue weighted by Gasteiger charge is 2.31. The molecule has 0 N–H and O–H groups in total. The molecule has 0 spiro atoms. The Balaban J connectivity index is 1.95. The Morgan fingerprint density at radius 1 is 1.19 bits per heavy atom. The molecule has 3 rings (SSSR count). The fourth-order valence-electron chi connectivity index (χ4n) is 2.86. The van der Waals surface area contributed by atoms with E-state index in [2.05, 4.69) is 9.99 Å². The molecule has 1 heterocycles. The number of hydrogen-bond donors (Lipinski definition) is 0. The van der Waals surface area contributed by atoms with E-state index in [1.165, 1.54) is 6.92 Å². The molecule has 26 heavy (non-hydrogen) atoms. The van der Waals surface area contributed by atoms with Gasteiger partial charge in [-0.25, -0.2) is 4.79 Å². The fourth-order valence-corrected chi connectivity index (χ4v) is 4.29. The van der Waals surface area contributed by atoms with Crippen LogP contribution in [0, 0.1) is 0 Å². The summed E-state index contributed by atoms with van der Waals surface area (Å²) < 4.78 is 13.0. The number of ketones is 1. The van der Waals surface area contributed by atoms with Crippen molar-refractivity contribution >= 4 is 45.1 Å². The van der Waals surface area contributed by atoms with Crippen molar-refractivity contribution in [2.75, 3.05) is 0 Å². The highest BCUT2D eigenvalue weighted by atomic mass is 32.2. The van der Waals surface area contributed by atoms with E-state index in [0.717, 1.165) is 16.3 Å². The topological polar surface area (TPSA) is 72.8 Å². The first-order chi connectivity index (χ1) is 12.5. The lowest BCUT2D eigenvalue weighted by Crippen LogP contribution is -2.32. The van der Waals surface area contributed by atoms with Crippen molar-refractivity contribution in [1.82, 2.24) is 0 Å². The first-order valence-electron chi connectivity index (χ1n) is 8.41. The second kappa shape index (κ2) is 7.74. The number of carbonyl (C=O) groups is 2. The molecule has 0 bridgehead atoms. The van der Waals surface area contributed by atoms with Gasteiger partial charge in [-0.05, 0) is 34.9 Å². The molecule has 2 unspecified atom stereocenters. The average Bonchev–Trinajstić information content (AvgIpc) is 2.63. The SMILES string of the molecule is CCCC(=NOC(C)=O)C(=O)C1C=Cc2cc3ccccc3cc2S1=O. The van der Waals surface area contributed by atoms with Crippen LogP contribution in [0.25, 0.3) is 16.8 Å². The zero-order valence-corrected chi connectivity index (χ0v) is 15.4. The zero-order chi connectivity index (χ0) is 18.7. The molecule has 2 atom stereocenters. The van der Waals surface area contributed by atoms with Gasteiger partial charge in [0.1, 0.15) is 11.0 Å². The molecule has 0 aromatic heterocycles. The minimum absolute atomic E-state index is 0.134. The van der Waals surface area contributed by atoms with Crippen molar-refractivity contribution in [2.45, 2.75) is 36.8 Å². The number of hydrogen-bond acceptors (Lipinski definition) is 5. The largest absolute Gasteiger partial charge is 0.331 e. The van der Waals surface area contributed by atoms with Gasteiger partial charge in [-0.3, -0.25) is 9.00 Å². The minimum atomic E-state index is -1.54. The van der Waals surface area contributed by atoms with Gasteiger partial charge in [0.15, 0.2) is 5.78 Å². The van der Waals surface area contributed by atoms with Crippen LogP contribution in [0.15, 0.2) is 52.5 Å². The van der Waals surface area contributed by atoms with Crippen molar-refractivity contribution in [1.29, 1.82) is 0 Å². The lowest BCUT2D eigenvalue weighted by Gasteiger charge is -2.19. The smallest absolute Gasteiger partial charge is 0.318 e. The summed E-state index contributed by atoms with van der Waals surface area (Å²) in [7, 11) is -1.54. The third-order valence-corrected chi connectivity index (χ3v) is 5.71. The molecule has 1 aliphatic rings. The van der Waals surface area contributed by atoms with Gasteiger partial charge >= 0.3 is 5.97 Å². The van der Waals surface area contributed by atoms with Gasteiger partial charge in [-0.2, -0.15) is 0 Å². The van der Waals surface area contributed by atoms with Crippen LogP contribution in [0.1, 0.15) is 32.3 Å². The van der Waals surface area contributed by atoms with Crippen molar-refractivity contribution in [3.05, 3.63) is 48.0 Å². The van der Waals surface area contributed by atoms with Crippen molar-refractivity contribution in [2.24, 2.45) is 5.16 Å². The van der Waals surface area contributed by atoms with Crippen LogP contribution < -0.4 is 0 Å². The standard InChI is InChI=1S/C20H19NO4S/c1-3-6-17(21-25-13(2)22)20(23)18-10-9-16-11-14-7-4-5-8-15(14)12-19(16)26(18)24/h4-5,7-12,18H,3,6H2,1-2H3. The van der Waals surface area contributed by atoms with Gasteiger partial charge in [0.05, 0.1) is 10.8 Å². The lowest BCUT2D eigenvalue weighted by molar-refractivity contribution is -0.140. The molecular weight excluding hydrogens is 350 g/mol. The molecule has 134 valence electrons. The fraction of sp³-hybridized carbons (Fsp3) is 0.250. The number of fused-ring (bicyclic) bond motifs is 2. The van der Waals surface area contributed by atoms with Crippen LogP contribution in [0.2, 0.25) is 0 Å². The maximum Gasteiger partial charge on any atom is 0.331 e. The summed E-state index contributed by atoms with van der Waals surface area (Å²) in [4.78, 5) is 29.1. The zero-order valence-electron chi connectivity index (χ0n) is 14.6. The molecule has 2 aromatic carbocycles. The molecular formula is C20H19NO4S. The first-order valence-corrected chi connectivity index (χ1v) is 9.62. The van der Waals surface area contributed by atoms with Gasteiger partial charge in [-0.1, -0.05) is 54.9 Å². The summed E-state index contributed by atoms with van der Waals surface area (Å²) in [6.07, 6.45) is 4.49. The first kappa shape index (κ1) is 18.2. The maximum absolute atomic E-state index is 13.0. The van der Waals surface area contributed by atoms with Crippen LogP contribution in [0.3, 0.4) is 0 Å². The summed E-state index contributed by atoms with van der Waals surface area (Å²) in [5.74, 6) is -0.968. The van der Waals surface area contributed by atoms with E-state index in [9.17, 15) is 13.8 Å². The van der Waals surface area contributed by atoms with Gasteiger partial charge in [-0.15, -0.1) is 0 Å². The molecule has 2 aromatic rings. The third-order valence-electron chi connectivity index (χ3n) is 4.09. The second-order valence-electron chi connectivity index (χ2n) is 6.05. The van der Waals surface area contributed by atoms with Gasteiger partial charge < -0.3 is 4.84 Å². The molecule has 0 saturated heterocycles. The van der Waals surface area contributed by atoms with E-state index in [1.807, 2.05) is 49.4 Å². The predicted octanol–water partition coefficient (Wildman–Crippen LogP) is 3.63. The average molecular weight is 369 g/mol. The summed E-state index contributed by atoms with van der Waals surface area (Å²) in [5.41, 5.74) is 0.981. The summed E-state index contributed by atoms with van der Waals surface area (Å²) >= 11 is 0. The lowest BCUT2D eigenvalue weighted by atomic mass is 10.0. The maximum atomic E-state index is 13.0. The molecule has 0 saturated carbocycles. The molecule has 0 aliphatic carbocycles. The Bertz CT molecular complexity index is 961. The van der Waals surface area contributed by atoms with Crippen LogP contribution >= 0.6 is 0 Å². The highest BCUT2D eigenvalue weighted by molar-refractivity contribution is 7.87. The van der Waals surface area contributed by atoms with E-state index >= 15 is 0 Å². The van der Waals surface area contributed by atoms with E-state index in [4.69, 9.17) is 0 Å². The quantitative estimate of drug-likeness (QED) is 0.458. The summed E-state index contributed by atoms with van der Waals surface area (Å²) in [5, 5.41) is 4.88. The van der Waals surface area contributed by atoms with Crippen LogP contribution in [0.4, 0.5) is 0 Å².